The first-order valence-corrected chi connectivity index (χ1v) is 6.42. The van der Waals surface area contributed by atoms with E-state index in [-0.39, 0.29) is 6.10 Å². The van der Waals surface area contributed by atoms with Crippen molar-refractivity contribution in [2.24, 2.45) is 0 Å². The van der Waals surface area contributed by atoms with E-state index in [1.165, 1.54) is 5.56 Å². The minimum Gasteiger partial charge on any atom is -0.497 e. The molecule has 19 heavy (non-hydrogen) atoms. The molecule has 0 amide bonds. The summed E-state index contributed by atoms with van der Waals surface area (Å²) in [6.07, 6.45) is 5.17. The summed E-state index contributed by atoms with van der Waals surface area (Å²) in [5, 5.41) is 0. The third kappa shape index (κ3) is 2.48. The van der Waals surface area contributed by atoms with Gasteiger partial charge in [-0.05, 0) is 41.8 Å². The summed E-state index contributed by atoms with van der Waals surface area (Å²) in [5.74, 6) is 1.83. The summed E-state index contributed by atoms with van der Waals surface area (Å²) >= 11 is 0. The normalized spacial score (nSPS) is 17.2. The molecule has 1 unspecified atom stereocenters. The Morgan fingerprint density at radius 2 is 1.84 bits per heavy atom. The number of para-hydroxylation sites is 1. The Morgan fingerprint density at radius 3 is 2.63 bits per heavy atom. The third-order valence-corrected chi connectivity index (χ3v) is 3.32. The summed E-state index contributed by atoms with van der Waals surface area (Å²) in [6, 6.07) is 16.2. The molecular formula is C17H16O2. The lowest BCUT2D eigenvalue weighted by atomic mass is 10.1. The van der Waals surface area contributed by atoms with Crippen LogP contribution in [-0.4, -0.2) is 7.11 Å². The average molecular weight is 252 g/mol. The van der Waals surface area contributed by atoms with Crippen molar-refractivity contribution in [3.63, 3.8) is 0 Å². The molecule has 1 heterocycles. The standard InChI is InChI=1S/C17H16O2/c1-18-15-11-9-14(10-12-15)17-8-4-6-13-5-2-3-7-16(13)19-17/h2-5,7-12,17H,6H2,1H3. The number of fused-ring (bicyclic) bond motifs is 1. The molecule has 0 fully saturated rings. The van der Waals surface area contributed by atoms with Crippen LogP contribution in [0.2, 0.25) is 0 Å². The van der Waals surface area contributed by atoms with Gasteiger partial charge in [0.05, 0.1) is 7.11 Å². The number of ether oxygens (including phenoxy) is 2. The lowest BCUT2D eigenvalue weighted by Gasteiger charge is -2.16. The van der Waals surface area contributed by atoms with Gasteiger partial charge < -0.3 is 9.47 Å². The molecule has 2 aromatic carbocycles. The Bertz CT molecular complexity index is 584. The van der Waals surface area contributed by atoms with Crippen molar-refractivity contribution in [3.8, 4) is 11.5 Å². The average Bonchev–Trinajstić information content (AvgIpc) is 2.69. The van der Waals surface area contributed by atoms with Gasteiger partial charge in [0.15, 0.2) is 0 Å². The van der Waals surface area contributed by atoms with Crippen LogP contribution in [0.4, 0.5) is 0 Å². The number of hydrogen-bond acceptors (Lipinski definition) is 2. The molecule has 3 rings (SSSR count). The van der Waals surface area contributed by atoms with E-state index in [2.05, 4.69) is 18.2 Å². The zero-order chi connectivity index (χ0) is 13.1. The van der Waals surface area contributed by atoms with Gasteiger partial charge in [0.2, 0.25) is 0 Å². The fourth-order valence-electron chi connectivity index (χ4n) is 2.25. The largest absolute Gasteiger partial charge is 0.497 e. The van der Waals surface area contributed by atoms with Crippen molar-refractivity contribution in [2.75, 3.05) is 7.11 Å². The Hall–Kier alpha value is -2.22. The topological polar surface area (TPSA) is 18.5 Å². The maximum atomic E-state index is 6.09. The molecular weight excluding hydrogens is 236 g/mol. The van der Waals surface area contributed by atoms with Crippen LogP contribution >= 0.6 is 0 Å². The van der Waals surface area contributed by atoms with Crippen LogP contribution in [0.3, 0.4) is 0 Å². The van der Waals surface area contributed by atoms with Crippen molar-refractivity contribution in [2.45, 2.75) is 12.5 Å². The predicted molar refractivity (Wildman–Crippen MR) is 75.6 cm³/mol. The number of benzene rings is 2. The van der Waals surface area contributed by atoms with Gasteiger partial charge in [-0.15, -0.1) is 0 Å². The first kappa shape index (κ1) is 11.8. The number of allylic oxidation sites excluding steroid dienone is 1. The number of hydrogen-bond donors (Lipinski definition) is 0. The van der Waals surface area contributed by atoms with Gasteiger partial charge in [-0.3, -0.25) is 0 Å². The smallest absolute Gasteiger partial charge is 0.142 e. The Labute approximate surface area is 113 Å². The van der Waals surface area contributed by atoms with Crippen LogP contribution in [0.25, 0.3) is 0 Å². The van der Waals surface area contributed by atoms with Crippen molar-refractivity contribution in [3.05, 3.63) is 71.8 Å². The Balaban J connectivity index is 1.89. The zero-order valence-electron chi connectivity index (χ0n) is 10.9. The van der Waals surface area contributed by atoms with Crippen LogP contribution < -0.4 is 9.47 Å². The summed E-state index contributed by atoms with van der Waals surface area (Å²) in [4.78, 5) is 0. The van der Waals surface area contributed by atoms with Gasteiger partial charge in [-0.1, -0.05) is 36.4 Å². The van der Waals surface area contributed by atoms with E-state index in [4.69, 9.17) is 9.47 Å². The molecule has 2 aromatic rings. The minimum atomic E-state index is -0.0328. The number of rotatable bonds is 2. The summed E-state index contributed by atoms with van der Waals surface area (Å²) in [7, 11) is 1.67. The summed E-state index contributed by atoms with van der Waals surface area (Å²) in [6.45, 7) is 0. The first-order valence-electron chi connectivity index (χ1n) is 6.42. The molecule has 1 atom stereocenters. The Kier molecular flexibility index (Phi) is 3.23. The van der Waals surface area contributed by atoms with E-state index in [1.807, 2.05) is 42.5 Å². The highest BCUT2D eigenvalue weighted by molar-refractivity contribution is 5.39. The molecule has 0 spiro atoms. The highest BCUT2D eigenvalue weighted by Crippen LogP contribution is 2.30. The molecule has 1 aliphatic heterocycles. The maximum Gasteiger partial charge on any atom is 0.142 e. The van der Waals surface area contributed by atoms with Gasteiger partial charge in [0.25, 0.3) is 0 Å². The van der Waals surface area contributed by atoms with Crippen LogP contribution in [0.15, 0.2) is 60.7 Å². The third-order valence-electron chi connectivity index (χ3n) is 3.32. The van der Waals surface area contributed by atoms with E-state index in [9.17, 15) is 0 Å². The molecule has 2 heteroatoms. The van der Waals surface area contributed by atoms with Crippen molar-refractivity contribution >= 4 is 0 Å². The summed E-state index contributed by atoms with van der Waals surface area (Å²) < 4.78 is 11.3. The molecule has 0 saturated carbocycles. The van der Waals surface area contributed by atoms with Crippen LogP contribution in [0.1, 0.15) is 17.2 Å². The second kappa shape index (κ2) is 5.19. The SMILES string of the molecule is COc1ccc(C2C=CCc3ccccc3O2)cc1. The van der Waals surface area contributed by atoms with Crippen LogP contribution in [0, 0.1) is 0 Å². The molecule has 2 nitrogen and oxygen atoms in total. The van der Waals surface area contributed by atoms with Crippen molar-refractivity contribution in [1.29, 1.82) is 0 Å². The molecule has 0 aliphatic carbocycles. The maximum absolute atomic E-state index is 6.09. The van der Waals surface area contributed by atoms with E-state index in [0.717, 1.165) is 23.5 Å². The van der Waals surface area contributed by atoms with Crippen LogP contribution in [-0.2, 0) is 6.42 Å². The van der Waals surface area contributed by atoms with E-state index in [1.54, 1.807) is 7.11 Å². The zero-order valence-corrected chi connectivity index (χ0v) is 10.9. The highest BCUT2D eigenvalue weighted by atomic mass is 16.5. The summed E-state index contributed by atoms with van der Waals surface area (Å²) in [5.41, 5.74) is 2.36. The van der Waals surface area contributed by atoms with Gasteiger partial charge in [0, 0.05) is 0 Å². The van der Waals surface area contributed by atoms with Gasteiger partial charge >= 0.3 is 0 Å². The monoisotopic (exact) mass is 252 g/mol. The van der Waals surface area contributed by atoms with Gasteiger partial charge in [0.1, 0.15) is 17.6 Å². The van der Waals surface area contributed by atoms with Gasteiger partial charge in [-0.25, -0.2) is 0 Å². The second-order valence-corrected chi connectivity index (χ2v) is 4.55. The molecule has 0 saturated heterocycles. The molecule has 0 bridgehead atoms. The molecule has 1 aliphatic rings. The fraction of sp³-hybridized carbons (Fsp3) is 0.176. The quantitative estimate of drug-likeness (QED) is 0.754. The highest BCUT2D eigenvalue weighted by Gasteiger charge is 2.14. The second-order valence-electron chi connectivity index (χ2n) is 4.55. The first-order chi connectivity index (χ1) is 9.36. The molecule has 96 valence electrons. The molecule has 0 N–H and O–H groups in total. The fourth-order valence-corrected chi connectivity index (χ4v) is 2.25. The number of methoxy groups -OCH3 is 1. The van der Waals surface area contributed by atoms with Gasteiger partial charge in [-0.2, -0.15) is 0 Å². The minimum absolute atomic E-state index is 0.0328. The lowest BCUT2D eigenvalue weighted by molar-refractivity contribution is 0.255. The van der Waals surface area contributed by atoms with Crippen molar-refractivity contribution < 1.29 is 9.47 Å². The molecule has 0 radical (unpaired) electrons. The van der Waals surface area contributed by atoms with E-state index in [0.29, 0.717) is 0 Å². The van der Waals surface area contributed by atoms with Crippen LogP contribution in [0.5, 0.6) is 11.5 Å². The molecule has 0 aromatic heterocycles. The Morgan fingerprint density at radius 1 is 1.05 bits per heavy atom. The van der Waals surface area contributed by atoms with Crippen molar-refractivity contribution in [1.82, 2.24) is 0 Å². The lowest BCUT2D eigenvalue weighted by Crippen LogP contribution is -2.04. The predicted octanol–water partition coefficient (Wildman–Crippen LogP) is 3.93. The van der Waals surface area contributed by atoms with E-state index < -0.39 is 0 Å². The van der Waals surface area contributed by atoms with E-state index >= 15 is 0 Å².